The molecule has 0 heterocycles. The second-order valence-corrected chi connectivity index (χ2v) is 7.10. The Morgan fingerprint density at radius 3 is 2.46 bits per heavy atom. The van der Waals surface area contributed by atoms with Crippen LogP contribution in [0.1, 0.15) is 49.3 Å². The van der Waals surface area contributed by atoms with Gasteiger partial charge in [-0.2, -0.15) is 0 Å². The first-order chi connectivity index (χ1) is 12.7. The fourth-order valence-electron chi connectivity index (χ4n) is 3.71. The zero-order valence-electron chi connectivity index (χ0n) is 15.4. The minimum absolute atomic E-state index is 0.287. The highest BCUT2D eigenvalue weighted by Crippen LogP contribution is 2.35. The third-order valence-electron chi connectivity index (χ3n) is 5.31. The van der Waals surface area contributed by atoms with Gasteiger partial charge in [0.25, 0.3) is 0 Å². The van der Waals surface area contributed by atoms with E-state index in [0.29, 0.717) is 18.1 Å². The van der Waals surface area contributed by atoms with Gasteiger partial charge in [-0.05, 0) is 42.0 Å². The van der Waals surface area contributed by atoms with Crippen LogP contribution in [0, 0.1) is 5.92 Å². The van der Waals surface area contributed by atoms with E-state index in [1.165, 1.54) is 19.3 Å². The van der Waals surface area contributed by atoms with E-state index in [4.69, 9.17) is 15.2 Å². The monoisotopic (exact) mass is 355 g/mol. The van der Waals surface area contributed by atoms with Gasteiger partial charge in [0, 0.05) is 0 Å². The molecule has 0 bridgehead atoms. The minimum atomic E-state index is -0.523. The van der Waals surface area contributed by atoms with Gasteiger partial charge in [-0.1, -0.05) is 55.7 Å². The lowest BCUT2D eigenvalue weighted by Crippen LogP contribution is -2.34. The number of hydrogen-bond acceptors (Lipinski definition) is 4. The van der Waals surface area contributed by atoms with Gasteiger partial charge in [0.05, 0.1) is 19.3 Å². The van der Waals surface area contributed by atoms with Gasteiger partial charge in [0.2, 0.25) is 0 Å². The Hall–Kier alpha value is -2.04. The van der Waals surface area contributed by atoms with Gasteiger partial charge in [-0.3, -0.25) is 0 Å². The molecule has 4 heteroatoms. The van der Waals surface area contributed by atoms with Crippen molar-refractivity contribution >= 4 is 0 Å². The number of ether oxygens (including phenoxy) is 2. The van der Waals surface area contributed by atoms with Crippen LogP contribution in [0.25, 0.3) is 0 Å². The Balaban J connectivity index is 1.73. The molecule has 0 spiro atoms. The molecule has 0 amide bonds. The van der Waals surface area contributed by atoms with Crippen LogP contribution in [0.2, 0.25) is 0 Å². The highest BCUT2D eigenvalue weighted by atomic mass is 16.5. The Morgan fingerprint density at radius 2 is 1.77 bits per heavy atom. The molecule has 4 nitrogen and oxygen atoms in total. The lowest BCUT2D eigenvalue weighted by molar-refractivity contribution is 0.0617. The van der Waals surface area contributed by atoms with E-state index in [0.717, 1.165) is 24.0 Å². The van der Waals surface area contributed by atoms with Crippen molar-refractivity contribution in [2.75, 3.05) is 7.11 Å². The Morgan fingerprint density at radius 1 is 1.04 bits per heavy atom. The highest BCUT2D eigenvalue weighted by Gasteiger charge is 2.28. The molecule has 0 saturated heterocycles. The summed E-state index contributed by atoms with van der Waals surface area (Å²) < 4.78 is 11.4. The third-order valence-corrected chi connectivity index (χ3v) is 5.31. The third kappa shape index (κ3) is 4.57. The van der Waals surface area contributed by atoms with Crippen molar-refractivity contribution in [2.45, 2.75) is 50.9 Å². The van der Waals surface area contributed by atoms with Crippen LogP contribution >= 0.6 is 0 Å². The van der Waals surface area contributed by atoms with Crippen LogP contribution < -0.4 is 15.2 Å². The summed E-state index contributed by atoms with van der Waals surface area (Å²) in [6.45, 7) is 0.459. The first-order valence-electron chi connectivity index (χ1n) is 9.47. The molecular weight excluding hydrogens is 326 g/mol. The minimum Gasteiger partial charge on any atom is -0.493 e. The van der Waals surface area contributed by atoms with Crippen LogP contribution in [-0.2, 0) is 6.61 Å². The average molecular weight is 355 g/mol. The first-order valence-corrected chi connectivity index (χ1v) is 9.47. The average Bonchev–Trinajstić information content (AvgIpc) is 2.72. The maximum absolute atomic E-state index is 10.7. The van der Waals surface area contributed by atoms with E-state index in [1.54, 1.807) is 7.11 Å². The highest BCUT2D eigenvalue weighted by molar-refractivity contribution is 5.44. The molecule has 1 aliphatic rings. The largest absolute Gasteiger partial charge is 0.493 e. The van der Waals surface area contributed by atoms with Crippen molar-refractivity contribution in [3.05, 3.63) is 59.7 Å². The Labute approximate surface area is 155 Å². The van der Waals surface area contributed by atoms with Gasteiger partial charge < -0.3 is 20.3 Å². The first kappa shape index (κ1) is 18.7. The van der Waals surface area contributed by atoms with Gasteiger partial charge in [-0.15, -0.1) is 0 Å². The van der Waals surface area contributed by atoms with Crippen molar-refractivity contribution in [2.24, 2.45) is 11.7 Å². The summed E-state index contributed by atoms with van der Waals surface area (Å²) in [6, 6.07) is 15.3. The number of benzene rings is 2. The molecule has 1 saturated carbocycles. The van der Waals surface area contributed by atoms with Gasteiger partial charge in [-0.25, -0.2) is 0 Å². The smallest absolute Gasteiger partial charge is 0.161 e. The van der Waals surface area contributed by atoms with Crippen LogP contribution in [0.15, 0.2) is 48.5 Å². The van der Waals surface area contributed by atoms with Gasteiger partial charge >= 0.3 is 0 Å². The number of hydrogen-bond donors (Lipinski definition) is 2. The normalized spacial score (nSPS) is 17.5. The predicted octanol–water partition coefficient (Wildman–Crippen LogP) is 4.22. The number of aliphatic hydroxyl groups excluding tert-OH is 1. The number of nitrogens with two attached hydrogens (primary N) is 1. The number of rotatable bonds is 7. The summed E-state index contributed by atoms with van der Waals surface area (Å²) in [7, 11) is 1.63. The molecule has 3 N–H and O–H groups in total. The molecule has 1 aliphatic carbocycles. The van der Waals surface area contributed by atoms with Crippen molar-refractivity contribution < 1.29 is 14.6 Å². The maximum Gasteiger partial charge on any atom is 0.161 e. The van der Waals surface area contributed by atoms with Crippen LogP contribution in [0.4, 0.5) is 0 Å². The zero-order valence-corrected chi connectivity index (χ0v) is 15.4. The van der Waals surface area contributed by atoms with Crippen LogP contribution in [-0.4, -0.2) is 18.3 Å². The Bertz CT molecular complexity index is 683. The molecule has 3 rings (SSSR count). The molecule has 0 aromatic heterocycles. The van der Waals surface area contributed by atoms with Crippen molar-refractivity contribution in [3.8, 4) is 11.5 Å². The molecule has 0 aliphatic heterocycles. The summed E-state index contributed by atoms with van der Waals surface area (Å²) in [5, 5.41) is 10.7. The molecular formula is C22H29NO3. The summed E-state index contributed by atoms with van der Waals surface area (Å²) >= 11 is 0. The summed E-state index contributed by atoms with van der Waals surface area (Å²) in [4.78, 5) is 0. The molecule has 1 fully saturated rings. The van der Waals surface area contributed by atoms with Crippen molar-refractivity contribution in [1.82, 2.24) is 0 Å². The lowest BCUT2D eigenvalue weighted by atomic mass is 9.81. The lowest BCUT2D eigenvalue weighted by Gasteiger charge is -2.30. The quantitative estimate of drug-likeness (QED) is 0.781. The van der Waals surface area contributed by atoms with Crippen molar-refractivity contribution in [3.63, 3.8) is 0 Å². The molecule has 2 atom stereocenters. The fraction of sp³-hybridized carbons (Fsp3) is 0.455. The van der Waals surface area contributed by atoms with E-state index in [2.05, 4.69) is 0 Å². The summed E-state index contributed by atoms with van der Waals surface area (Å²) in [6.07, 6.45) is 5.22. The maximum atomic E-state index is 10.7. The zero-order chi connectivity index (χ0) is 18.4. The summed E-state index contributed by atoms with van der Waals surface area (Å²) in [5.74, 6) is 1.61. The van der Waals surface area contributed by atoms with Gasteiger partial charge in [0.15, 0.2) is 11.5 Å². The molecule has 2 aromatic carbocycles. The Kier molecular flexibility index (Phi) is 6.53. The van der Waals surface area contributed by atoms with Crippen LogP contribution in [0.5, 0.6) is 11.5 Å². The molecule has 140 valence electrons. The van der Waals surface area contributed by atoms with E-state index >= 15 is 0 Å². The van der Waals surface area contributed by atoms with E-state index in [-0.39, 0.29) is 5.92 Å². The van der Waals surface area contributed by atoms with E-state index in [9.17, 15) is 5.11 Å². The van der Waals surface area contributed by atoms with Crippen molar-refractivity contribution in [1.29, 1.82) is 0 Å². The van der Waals surface area contributed by atoms with E-state index < -0.39 is 12.1 Å². The van der Waals surface area contributed by atoms with E-state index in [1.807, 2.05) is 48.5 Å². The number of aliphatic hydroxyl groups is 1. The standard InChI is InChI=1S/C22H29NO3/c1-25-19-13-12-18(21(23)22(24)17-10-6-3-7-11-17)14-20(19)26-15-16-8-4-2-5-9-16/h2,4-5,8-9,12-14,17,21-22,24H,3,6-7,10-11,15,23H2,1H3/t21-,22+/m0/s1. The molecule has 0 unspecified atom stereocenters. The second-order valence-electron chi connectivity index (χ2n) is 7.10. The second kappa shape index (κ2) is 9.06. The molecule has 0 radical (unpaired) electrons. The van der Waals surface area contributed by atoms with Gasteiger partial charge in [0.1, 0.15) is 6.61 Å². The molecule has 26 heavy (non-hydrogen) atoms. The fourth-order valence-corrected chi connectivity index (χ4v) is 3.71. The molecule has 2 aromatic rings. The SMILES string of the molecule is COc1ccc([C@H](N)[C@H](O)C2CCCCC2)cc1OCc1ccccc1. The summed E-state index contributed by atoms with van der Waals surface area (Å²) in [5.41, 5.74) is 8.36. The topological polar surface area (TPSA) is 64.7 Å². The van der Waals surface area contributed by atoms with Crippen LogP contribution in [0.3, 0.4) is 0 Å². The predicted molar refractivity (Wildman–Crippen MR) is 103 cm³/mol. The number of methoxy groups -OCH3 is 1.